The molecule has 16 heavy (non-hydrogen) atoms. The van der Waals surface area contributed by atoms with Crippen LogP contribution in [0.3, 0.4) is 0 Å². The lowest BCUT2D eigenvalue weighted by Gasteiger charge is -2.11. The number of aromatic nitrogens is 2. The molecule has 0 spiro atoms. The van der Waals surface area contributed by atoms with Crippen molar-refractivity contribution < 1.29 is 13.2 Å². The number of rotatable bonds is 0. The molecule has 0 N–H and O–H groups in total. The Morgan fingerprint density at radius 2 is 2.06 bits per heavy atom. The second-order valence-electron chi connectivity index (χ2n) is 3.36. The maximum Gasteiger partial charge on any atom is 0.416 e. The molecule has 2 aromatic heterocycles. The summed E-state index contributed by atoms with van der Waals surface area (Å²) in [6.45, 7) is 1.16. The van der Waals surface area contributed by atoms with Gasteiger partial charge in [0.1, 0.15) is 0 Å². The van der Waals surface area contributed by atoms with Gasteiger partial charge >= 0.3 is 6.18 Å². The lowest BCUT2D eigenvalue weighted by molar-refractivity contribution is -0.138. The summed E-state index contributed by atoms with van der Waals surface area (Å²) in [5.41, 5.74) is -1.76. The zero-order chi connectivity index (χ0) is 11.9. The van der Waals surface area contributed by atoms with Gasteiger partial charge in [0.2, 0.25) is 0 Å². The van der Waals surface area contributed by atoms with E-state index in [1.54, 1.807) is 0 Å². The van der Waals surface area contributed by atoms with Crippen molar-refractivity contribution in [3.8, 4) is 0 Å². The number of pyridine rings is 1. The number of alkyl halides is 3. The Kier molecular flexibility index (Phi) is 2.22. The van der Waals surface area contributed by atoms with E-state index in [0.29, 0.717) is 0 Å². The van der Waals surface area contributed by atoms with Crippen LogP contribution in [0.2, 0.25) is 0 Å². The Morgan fingerprint density at radius 3 is 2.69 bits per heavy atom. The Morgan fingerprint density at radius 1 is 1.38 bits per heavy atom. The lowest BCUT2D eigenvalue weighted by Crippen LogP contribution is -2.22. The Bertz CT molecular complexity index is 601. The minimum Gasteiger partial charge on any atom is -0.281 e. The van der Waals surface area contributed by atoms with E-state index in [1.807, 2.05) is 0 Å². The quantitative estimate of drug-likeness (QED) is 0.691. The highest BCUT2D eigenvalue weighted by Gasteiger charge is 2.33. The maximum atomic E-state index is 12.6. The number of halogens is 3. The summed E-state index contributed by atoms with van der Waals surface area (Å²) < 4.78 is 38.9. The molecule has 6 heteroatoms. The number of hydrogen-bond donors (Lipinski definition) is 0. The van der Waals surface area contributed by atoms with Crippen LogP contribution in [0, 0.1) is 6.92 Å². The number of fused-ring (bicyclic) bond motifs is 1. The van der Waals surface area contributed by atoms with E-state index in [4.69, 9.17) is 0 Å². The van der Waals surface area contributed by atoms with Crippen LogP contribution < -0.4 is 5.56 Å². The van der Waals surface area contributed by atoms with Gasteiger partial charge in [-0.3, -0.25) is 14.2 Å². The molecule has 0 fully saturated rings. The molecule has 0 unspecified atom stereocenters. The number of hydrogen-bond acceptors (Lipinski definition) is 2. The molecule has 0 saturated carbocycles. The minimum absolute atomic E-state index is 0.130. The molecular formula is C10H7F3N2O. The first-order valence-electron chi connectivity index (χ1n) is 4.44. The van der Waals surface area contributed by atoms with E-state index < -0.39 is 17.3 Å². The average Bonchev–Trinajstić information content (AvgIpc) is 2.22. The highest BCUT2D eigenvalue weighted by molar-refractivity contribution is 5.49. The highest BCUT2D eigenvalue weighted by Crippen LogP contribution is 2.30. The standard InChI is InChI=1S/C10H7F3N2O/c1-6-8(10(11,12)13)4-7-5-14-2-3-15(7)9(6)16/h2-5H,1H3. The van der Waals surface area contributed by atoms with Gasteiger partial charge in [0.25, 0.3) is 5.56 Å². The zero-order valence-corrected chi connectivity index (χ0v) is 8.25. The van der Waals surface area contributed by atoms with Crippen LogP contribution in [-0.4, -0.2) is 9.38 Å². The molecule has 84 valence electrons. The van der Waals surface area contributed by atoms with E-state index in [9.17, 15) is 18.0 Å². The van der Waals surface area contributed by atoms with E-state index in [2.05, 4.69) is 4.98 Å². The van der Waals surface area contributed by atoms with E-state index in [-0.39, 0.29) is 11.1 Å². The molecule has 3 nitrogen and oxygen atoms in total. The average molecular weight is 228 g/mol. The molecule has 0 radical (unpaired) electrons. The molecule has 0 atom stereocenters. The third-order valence-corrected chi connectivity index (χ3v) is 2.33. The maximum absolute atomic E-state index is 12.6. The molecule has 0 aliphatic carbocycles. The molecular weight excluding hydrogens is 221 g/mol. The molecule has 0 aromatic carbocycles. The van der Waals surface area contributed by atoms with Crippen molar-refractivity contribution >= 4 is 5.52 Å². The third kappa shape index (κ3) is 1.56. The first-order valence-corrected chi connectivity index (χ1v) is 4.44. The summed E-state index contributed by atoms with van der Waals surface area (Å²) in [5, 5.41) is 0. The van der Waals surface area contributed by atoms with Gasteiger partial charge in [-0.2, -0.15) is 13.2 Å². The first kappa shape index (κ1) is 10.7. The second kappa shape index (κ2) is 3.33. The molecule has 0 amide bonds. The van der Waals surface area contributed by atoms with Crippen molar-refractivity contribution in [1.82, 2.24) is 9.38 Å². The van der Waals surface area contributed by atoms with Crippen molar-refractivity contribution in [2.45, 2.75) is 13.1 Å². The van der Waals surface area contributed by atoms with Gasteiger partial charge < -0.3 is 0 Å². The van der Waals surface area contributed by atoms with Crippen molar-refractivity contribution in [1.29, 1.82) is 0 Å². The first-order chi connectivity index (χ1) is 7.41. The Labute approximate surface area is 88.2 Å². The predicted octanol–water partition coefficient (Wildman–Crippen LogP) is 2.02. The van der Waals surface area contributed by atoms with Crippen molar-refractivity contribution in [3.63, 3.8) is 0 Å². The van der Waals surface area contributed by atoms with Gasteiger partial charge in [-0.15, -0.1) is 0 Å². The smallest absolute Gasteiger partial charge is 0.281 e. The second-order valence-corrected chi connectivity index (χ2v) is 3.36. The molecule has 2 rings (SSSR count). The minimum atomic E-state index is -4.52. The van der Waals surface area contributed by atoms with Crippen LogP contribution in [0.5, 0.6) is 0 Å². The van der Waals surface area contributed by atoms with Gasteiger partial charge in [-0.05, 0) is 13.0 Å². The van der Waals surface area contributed by atoms with E-state index >= 15 is 0 Å². The van der Waals surface area contributed by atoms with Crippen molar-refractivity contribution in [3.05, 3.63) is 46.1 Å². The van der Waals surface area contributed by atoms with Crippen LogP contribution in [-0.2, 0) is 6.18 Å². The molecule has 0 aliphatic heterocycles. The topological polar surface area (TPSA) is 34.4 Å². The SMILES string of the molecule is Cc1c(C(F)(F)F)cc2cnccn2c1=O. The number of nitrogens with zero attached hydrogens (tertiary/aromatic N) is 2. The summed E-state index contributed by atoms with van der Waals surface area (Å²) in [5.74, 6) is 0. The summed E-state index contributed by atoms with van der Waals surface area (Å²) in [6, 6.07) is 0.920. The van der Waals surface area contributed by atoms with E-state index in [0.717, 1.165) is 17.4 Å². The third-order valence-electron chi connectivity index (χ3n) is 2.33. The highest BCUT2D eigenvalue weighted by atomic mass is 19.4. The summed E-state index contributed by atoms with van der Waals surface area (Å²) >= 11 is 0. The van der Waals surface area contributed by atoms with Crippen LogP contribution in [0.4, 0.5) is 13.2 Å². The molecule has 2 heterocycles. The molecule has 0 aliphatic rings. The van der Waals surface area contributed by atoms with Crippen LogP contribution in [0.1, 0.15) is 11.1 Å². The molecule has 0 saturated heterocycles. The van der Waals surface area contributed by atoms with Gasteiger partial charge in [0.15, 0.2) is 0 Å². The van der Waals surface area contributed by atoms with Crippen LogP contribution in [0.25, 0.3) is 5.52 Å². The summed E-state index contributed by atoms with van der Waals surface area (Å²) in [7, 11) is 0. The predicted molar refractivity (Wildman–Crippen MR) is 51.2 cm³/mol. The van der Waals surface area contributed by atoms with Crippen LogP contribution in [0.15, 0.2) is 29.5 Å². The van der Waals surface area contributed by atoms with Gasteiger partial charge in [-0.1, -0.05) is 0 Å². The van der Waals surface area contributed by atoms with Gasteiger partial charge in [-0.25, -0.2) is 0 Å². The molecule has 2 aromatic rings. The molecule has 0 bridgehead atoms. The Balaban J connectivity index is 2.90. The fourth-order valence-corrected chi connectivity index (χ4v) is 1.51. The summed E-state index contributed by atoms with van der Waals surface area (Å²) in [6.07, 6.45) is -0.615. The van der Waals surface area contributed by atoms with Crippen molar-refractivity contribution in [2.24, 2.45) is 0 Å². The monoisotopic (exact) mass is 228 g/mol. The Hall–Kier alpha value is -1.85. The summed E-state index contributed by atoms with van der Waals surface area (Å²) in [4.78, 5) is 15.3. The fraction of sp³-hybridized carbons (Fsp3) is 0.200. The van der Waals surface area contributed by atoms with Gasteiger partial charge in [0.05, 0.1) is 17.3 Å². The fourth-order valence-electron chi connectivity index (χ4n) is 1.51. The largest absolute Gasteiger partial charge is 0.416 e. The van der Waals surface area contributed by atoms with Crippen molar-refractivity contribution in [2.75, 3.05) is 0 Å². The van der Waals surface area contributed by atoms with Gasteiger partial charge in [0, 0.05) is 18.0 Å². The lowest BCUT2D eigenvalue weighted by atomic mass is 10.1. The normalized spacial score (nSPS) is 12.0. The van der Waals surface area contributed by atoms with E-state index in [1.165, 1.54) is 18.6 Å². The zero-order valence-electron chi connectivity index (χ0n) is 8.25. The van der Waals surface area contributed by atoms with Crippen LogP contribution >= 0.6 is 0 Å².